The number of alkyl carbamates (subject to hydrolysis) is 1. The number of hydrogen-bond donors (Lipinski definition) is 3. The largest absolute Gasteiger partial charge is 0.449 e. The Morgan fingerprint density at radius 1 is 0.886 bits per heavy atom. The lowest BCUT2D eigenvalue weighted by Gasteiger charge is -2.32. The second-order valence-electron chi connectivity index (χ2n) is 9.33. The summed E-state index contributed by atoms with van der Waals surface area (Å²) in [5, 5.41) is 24.1. The Morgan fingerprint density at radius 2 is 1.49 bits per heavy atom. The van der Waals surface area contributed by atoms with E-state index in [2.05, 4.69) is 34.5 Å². The first-order valence-corrected chi connectivity index (χ1v) is 12.4. The number of aliphatic hydroxyl groups excluding tert-OH is 2. The summed E-state index contributed by atoms with van der Waals surface area (Å²) in [6.45, 7) is 1.98. The van der Waals surface area contributed by atoms with E-state index in [0.717, 1.165) is 42.7 Å². The van der Waals surface area contributed by atoms with Crippen LogP contribution in [0.15, 0.2) is 72.8 Å². The molecule has 0 radical (unpaired) electrons. The highest BCUT2D eigenvalue weighted by Gasteiger charge is 2.29. The number of para-hydroxylation sites is 1. The van der Waals surface area contributed by atoms with Crippen molar-refractivity contribution in [2.75, 3.05) is 31.1 Å². The molecular weight excluding hydrogens is 440 g/mol. The van der Waals surface area contributed by atoms with Gasteiger partial charge in [-0.05, 0) is 47.6 Å². The molecule has 1 heterocycles. The van der Waals surface area contributed by atoms with E-state index >= 15 is 0 Å². The molecule has 6 heteroatoms. The highest BCUT2D eigenvalue weighted by molar-refractivity contribution is 5.79. The first-order chi connectivity index (χ1) is 17.1. The number of anilines is 1. The van der Waals surface area contributed by atoms with Crippen molar-refractivity contribution in [1.29, 1.82) is 0 Å². The highest BCUT2D eigenvalue weighted by atomic mass is 16.5. The van der Waals surface area contributed by atoms with Gasteiger partial charge < -0.3 is 25.2 Å². The molecule has 1 saturated heterocycles. The highest BCUT2D eigenvalue weighted by Crippen LogP contribution is 2.44. The Bertz CT molecular complexity index is 1130. The molecule has 35 heavy (non-hydrogen) atoms. The summed E-state index contributed by atoms with van der Waals surface area (Å²) in [6.07, 6.45) is 0.589. The van der Waals surface area contributed by atoms with Gasteiger partial charge in [-0.25, -0.2) is 4.79 Å². The minimum atomic E-state index is -1.15. The summed E-state index contributed by atoms with van der Waals surface area (Å²) in [5.41, 5.74) is 6.25. The smallest absolute Gasteiger partial charge is 0.407 e. The number of aliphatic hydroxyl groups is 2. The molecule has 3 N–H and O–H groups in total. The number of piperidine rings is 1. The van der Waals surface area contributed by atoms with Crippen LogP contribution in [-0.4, -0.2) is 48.7 Å². The molecule has 1 amide bonds. The average Bonchev–Trinajstić information content (AvgIpc) is 3.24. The number of carbonyl (C=O) groups is 1. The fourth-order valence-electron chi connectivity index (χ4n) is 5.32. The number of ether oxygens (including phenoxy) is 1. The van der Waals surface area contributed by atoms with Crippen molar-refractivity contribution in [2.24, 2.45) is 0 Å². The molecule has 2 unspecified atom stereocenters. The second-order valence-corrected chi connectivity index (χ2v) is 9.33. The maximum Gasteiger partial charge on any atom is 0.407 e. The number of rotatable bonds is 7. The molecule has 1 aliphatic heterocycles. The number of amides is 1. The van der Waals surface area contributed by atoms with Crippen molar-refractivity contribution >= 4 is 11.8 Å². The molecule has 1 aliphatic carbocycles. The van der Waals surface area contributed by atoms with Crippen LogP contribution in [0.1, 0.15) is 48.0 Å². The minimum Gasteiger partial charge on any atom is -0.449 e. The fraction of sp³-hybridized carbons (Fsp3) is 0.345. The Kier molecular flexibility index (Phi) is 7.02. The van der Waals surface area contributed by atoms with Gasteiger partial charge in [0.2, 0.25) is 0 Å². The van der Waals surface area contributed by atoms with Crippen LogP contribution in [-0.2, 0) is 4.74 Å². The Hall–Kier alpha value is -3.35. The van der Waals surface area contributed by atoms with Gasteiger partial charge >= 0.3 is 6.09 Å². The van der Waals surface area contributed by atoms with Crippen LogP contribution < -0.4 is 10.2 Å². The van der Waals surface area contributed by atoms with Gasteiger partial charge in [-0.15, -0.1) is 0 Å². The third-order valence-electron chi connectivity index (χ3n) is 7.12. The van der Waals surface area contributed by atoms with Crippen LogP contribution >= 0.6 is 0 Å². The summed E-state index contributed by atoms with van der Waals surface area (Å²) < 4.78 is 5.54. The lowest BCUT2D eigenvalue weighted by atomic mass is 9.98. The Labute approximate surface area is 206 Å². The molecule has 3 aromatic rings. The minimum absolute atomic E-state index is 0.0277. The lowest BCUT2D eigenvalue weighted by Crippen LogP contribution is -2.37. The summed E-state index contributed by atoms with van der Waals surface area (Å²) >= 11 is 0. The van der Waals surface area contributed by atoms with Gasteiger partial charge in [0.15, 0.2) is 0 Å². The van der Waals surface area contributed by atoms with Crippen molar-refractivity contribution < 1.29 is 19.7 Å². The predicted molar refractivity (Wildman–Crippen MR) is 137 cm³/mol. The molecule has 5 rings (SSSR count). The van der Waals surface area contributed by atoms with Crippen LogP contribution in [0.5, 0.6) is 0 Å². The zero-order chi connectivity index (χ0) is 24.2. The van der Waals surface area contributed by atoms with Gasteiger partial charge in [0.1, 0.15) is 18.8 Å². The van der Waals surface area contributed by atoms with E-state index in [-0.39, 0.29) is 19.1 Å². The quantitative estimate of drug-likeness (QED) is 0.468. The van der Waals surface area contributed by atoms with E-state index < -0.39 is 18.3 Å². The van der Waals surface area contributed by atoms with Crippen LogP contribution in [0, 0.1) is 0 Å². The number of hydrogen-bond acceptors (Lipinski definition) is 5. The maximum absolute atomic E-state index is 12.5. The van der Waals surface area contributed by atoms with E-state index in [1.807, 2.05) is 48.5 Å². The Morgan fingerprint density at radius 3 is 2.17 bits per heavy atom. The van der Waals surface area contributed by atoms with Crippen LogP contribution in [0.2, 0.25) is 0 Å². The van der Waals surface area contributed by atoms with E-state index in [1.165, 1.54) is 17.5 Å². The van der Waals surface area contributed by atoms with Crippen LogP contribution in [0.25, 0.3) is 11.1 Å². The van der Waals surface area contributed by atoms with Crippen molar-refractivity contribution in [3.63, 3.8) is 0 Å². The fourth-order valence-corrected chi connectivity index (χ4v) is 5.32. The molecule has 0 aromatic heterocycles. The van der Waals surface area contributed by atoms with Gasteiger partial charge in [0.05, 0.1) is 0 Å². The summed E-state index contributed by atoms with van der Waals surface area (Å²) in [7, 11) is 0. The SMILES string of the molecule is O=C(NCC(O)C(O)c1ccccc1N1CCCCC1)OCC1c2ccccc2-c2ccccc21. The standard InChI is InChI=1S/C29H32N2O4/c32-27(28(33)24-14-6-7-15-26(24)31-16-8-1-9-17-31)18-30-29(34)35-19-25-22-12-4-2-10-20(22)21-11-3-5-13-23(21)25/h2-7,10-15,25,27-28,32-33H,1,8-9,16-19H2,(H,30,34). The van der Waals surface area contributed by atoms with Gasteiger partial charge in [0.25, 0.3) is 0 Å². The molecular formula is C29H32N2O4. The maximum atomic E-state index is 12.5. The number of nitrogens with one attached hydrogen (secondary N) is 1. The average molecular weight is 473 g/mol. The third-order valence-corrected chi connectivity index (χ3v) is 7.12. The van der Waals surface area contributed by atoms with E-state index in [4.69, 9.17) is 4.74 Å². The summed E-state index contributed by atoms with van der Waals surface area (Å²) in [5.74, 6) is -0.0277. The first-order valence-electron chi connectivity index (χ1n) is 12.4. The van der Waals surface area contributed by atoms with Crippen molar-refractivity contribution in [1.82, 2.24) is 5.32 Å². The first kappa shape index (κ1) is 23.4. The molecule has 0 saturated carbocycles. The van der Waals surface area contributed by atoms with E-state index in [9.17, 15) is 15.0 Å². The predicted octanol–water partition coefficient (Wildman–Crippen LogP) is 4.61. The molecule has 2 atom stereocenters. The number of benzene rings is 3. The number of fused-ring (bicyclic) bond motifs is 3. The summed E-state index contributed by atoms with van der Waals surface area (Å²) in [4.78, 5) is 14.7. The van der Waals surface area contributed by atoms with Gasteiger partial charge in [-0.2, -0.15) is 0 Å². The molecule has 3 aromatic carbocycles. The van der Waals surface area contributed by atoms with E-state index in [0.29, 0.717) is 5.56 Å². The number of carbonyl (C=O) groups excluding carboxylic acids is 1. The monoisotopic (exact) mass is 472 g/mol. The molecule has 6 nitrogen and oxygen atoms in total. The normalized spacial score (nSPS) is 16.8. The van der Waals surface area contributed by atoms with Crippen molar-refractivity contribution in [3.05, 3.63) is 89.5 Å². The Balaban J connectivity index is 1.18. The van der Waals surface area contributed by atoms with Gasteiger partial charge in [0, 0.05) is 36.8 Å². The van der Waals surface area contributed by atoms with Gasteiger partial charge in [-0.1, -0.05) is 66.7 Å². The molecule has 0 bridgehead atoms. The van der Waals surface area contributed by atoms with Crippen LogP contribution in [0.4, 0.5) is 10.5 Å². The second kappa shape index (κ2) is 10.5. The summed E-state index contributed by atoms with van der Waals surface area (Å²) in [6, 6.07) is 24.0. The van der Waals surface area contributed by atoms with Crippen molar-refractivity contribution in [3.8, 4) is 11.1 Å². The zero-order valence-electron chi connectivity index (χ0n) is 19.8. The lowest BCUT2D eigenvalue weighted by molar-refractivity contribution is 0.0188. The van der Waals surface area contributed by atoms with Crippen molar-refractivity contribution in [2.45, 2.75) is 37.4 Å². The molecule has 182 valence electrons. The molecule has 1 fully saturated rings. The molecule has 0 spiro atoms. The zero-order valence-corrected chi connectivity index (χ0v) is 19.8. The van der Waals surface area contributed by atoms with Crippen LogP contribution in [0.3, 0.4) is 0 Å². The third kappa shape index (κ3) is 4.90. The molecule has 2 aliphatic rings. The van der Waals surface area contributed by atoms with E-state index in [1.54, 1.807) is 0 Å². The number of nitrogens with zero attached hydrogens (tertiary/aromatic N) is 1. The van der Waals surface area contributed by atoms with Gasteiger partial charge in [-0.3, -0.25) is 0 Å². The topological polar surface area (TPSA) is 82.0 Å².